The highest BCUT2D eigenvalue weighted by atomic mass is 16.5. The van der Waals surface area contributed by atoms with E-state index in [9.17, 15) is 4.79 Å². The number of para-hydroxylation sites is 2. The highest BCUT2D eigenvalue weighted by Crippen LogP contribution is 2.27. The third kappa shape index (κ3) is 3.55. The number of nitrogens with zero attached hydrogens (tertiary/aromatic N) is 4. The lowest BCUT2D eigenvalue weighted by atomic mass is 10.1. The molecule has 2 aliphatic rings. The van der Waals surface area contributed by atoms with Crippen molar-refractivity contribution in [2.24, 2.45) is 7.05 Å². The van der Waals surface area contributed by atoms with Gasteiger partial charge in [0.25, 0.3) is 0 Å². The lowest BCUT2D eigenvalue weighted by Crippen LogP contribution is -2.57. The van der Waals surface area contributed by atoms with E-state index in [2.05, 4.69) is 52.2 Å². The van der Waals surface area contributed by atoms with Crippen LogP contribution in [-0.2, 0) is 16.6 Å². The summed E-state index contributed by atoms with van der Waals surface area (Å²) >= 11 is 0. The first kappa shape index (κ1) is 19.1. The first-order chi connectivity index (χ1) is 14.7. The SMILES string of the molecule is Cn1c(-c2cccc(N3CCN(C(=O)C4COCCN4)CC3)c2)nc2ccccc21. The van der Waals surface area contributed by atoms with E-state index in [1.807, 2.05) is 23.1 Å². The predicted octanol–water partition coefficient (Wildman–Crippen LogP) is 1.88. The molecule has 2 aliphatic heterocycles. The molecule has 30 heavy (non-hydrogen) atoms. The number of hydrogen-bond acceptors (Lipinski definition) is 5. The minimum atomic E-state index is -0.203. The molecule has 3 aromatic rings. The van der Waals surface area contributed by atoms with E-state index in [-0.39, 0.29) is 11.9 Å². The van der Waals surface area contributed by atoms with Crippen molar-refractivity contribution in [3.05, 3.63) is 48.5 Å². The average Bonchev–Trinajstić information content (AvgIpc) is 3.16. The Morgan fingerprint density at radius 3 is 2.70 bits per heavy atom. The Labute approximate surface area is 176 Å². The van der Waals surface area contributed by atoms with Crippen molar-refractivity contribution >= 4 is 22.6 Å². The number of carbonyl (C=O) groups is 1. The summed E-state index contributed by atoms with van der Waals surface area (Å²) in [5.74, 6) is 1.12. The Kier molecular flexibility index (Phi) is 5.14. The Bertz CT molecular complexity index is 1050. The zero-order valence-corrected chi connectivity index (χ0v) is 17.3. The summed E-state index contributed by atoms with van der Waals surface area (Å²) < 4.78 is 7.59. The summed E-state index contributed by atoms with van der Waals surface area (Å²) in [6.45, 7) is 5.00. The Morgan fingerprint density at radius 2 is 1.93 bits per heavy atom. The molecule has 1 amide bonds. The number of morpholine rings is 1. The molecular formula is C23H27N5O2. The number of imidazole rings is 1. The van der Waals surface area contributed by atoms with Crippen LogP contribution in [0.15, 0.2) is 48.5 Å². The van der Waals surface area contributed by atoms with Crippen LogP contribution in [0.3, 0.4) is 0 Å². The van der Waals surface area contributed by atoms with Crippen molar-refractivity contribution in [1.29, 1.82) is 0 Å². The number of anilines is 1. The van der Waals surface area contributed by atoms with Gasteiger partial charge in [-0.05, 0) is 24.3 Å². The summed E-state index contributed by atoms with van der Waals surface area (Å²) in [5, 5.41) is 3.26. The van der Waals surface area contributed by atoms with Crippen LogP contribution in [0, 0.1) is 0 Å². The highest BCUT2D eigenvalue weighted by Gasteiger charge is 2.29. The van der Waals surface area contributed by atoms with Crippen LogP contribution in [0.25, 0.3) is 22.4 Å². The number of carbonyl (C=O) groups excluding carboxylic acids is 1. The number of hydrogen-bond donors (Lipinski definition) is 1. The van der Waals surface area contributed by atoms with Gasteiger partial charge >= 0.3 is 0 Å². The molecule has 0 bridgehead atoms. The van der Waals surface area contributed by atoms with Gasteiger partial charge in [-0.3, -0.25) is 4.79 Å². The Hall–Kier alpha value is -2.90. The molecule has 7 heteroatoms. The second-order valence-corrected chi connectivity index (χ2v) is 7.93. The van der Waals surface area contributed by atoms with Crippen LogP contribution in [0.4, 0.5) is 5.69 Å². The van der Waals surface area contributed by atoms with Gasteiger partial charge in [0.1, 0.15) is 11.9 Å². The molecule has 0 spiro atoms. The number of ether oxygens (including phenoxy) is 1. The van der Waals surface area contributed by atoms with Gasteiger partial charge in [0.05, 0.1) is 24.2 Å². The van der Waals surface area contributed by atoms with Crippen LogP contribution in [0.2, 0.25) is 0 Å². The smallest absolute Gasteiger partial charge is 0.242 e. The third-order valence-electron chi connectivity index (χ3n) is 6.07. The first-order valence-corrected chi connectivity index (χ1v) is 10.6. The monoisotopic (exact) mass is 405 g/mol. The second-order valence-electron chi connectivity index (χ2n) is 7.93. The fourth-order valence-electron chi connectivity index (χ4n) is 4.37. The molecule has 1 N–H and O–H groups in total. The third-order valence-corrected chi connectivity index (χ3v) is 6.07. The molecule has 0 saturated carbocycles. The largest absolute Gasteiger partial charge is 0.378 e. The molecule has 156 valence electrons. The summed E-state index contributed by atoms with van der Waals surface area (Å²) in [5.41, 5.74) is 4.41. The fourth-order valence-corrected chi connectivity index (χ4v) is 4.37. The van der Waals surface area contributed by atoms with E-state index in [4.69, 9.17) is 9.72 Å². The Balaban J connectivity index is 1.30. The minimum absolute atomic E-state index is 0.155. The summed E-state index contributed by atoms with van der Waals surface area (Å²) in [6.07, 6.45) is 0. The van der Waals surface area contributed by atoms with E-state index in [1.54, 1.807) is 0 Å². The summed E-state index contributed by atoms with van der Waals surface area (Å²) in [4.78, 5) is 21.8. The topological polar surface area (TPSA) is 62.6 Å². The molecule has 1 unspecified atom stereocenters. The number of aromatic nitrogens is 2. The maximum atomic E-state index is 12.7. The molecule has 1 atom stereocenters. The zero-order chi connectivity index (χ0) is 20.5. The van der Waals surface area contributed by atoms with Gasteiger partial charge in [-0.1, -0.05) is 24.3 Å². The van der Waals surface area contributed by atoms with Crippen molar-refractivity contribution in [3.8, 4) is 11.4 Å². The number of piperazine rings is 1. The lowest BCUT2D eigenvalue weighted by molar-refractivity contribution is -0.136. The van der Waals surface area contributed by atoms with Gasteiger partial charge in [0, 0.05) is 51.0 Å². The number of amides is 1. The Morgan fingerprint density at radius 1 is 1.10 bits per heavy atom. The van der Waals surface area contributed by atoms with Gasteiger partial charge in [-0.15, -0.1) is 0 Å². The molecule has 3 heterocycles. The molecule has 2 aromatic carbocycles. The molecule has 2 saturated heterocycles. The number of nitrogens with one attached hydrogen (secondary N) is 1. The molecule has 1 aromatic heterocycles. The van der Waals surface area contributed by atoms with Gasteiger partial charge in [0.15, 0.2) is 0 Å². The highest BCUT2D eigenvalue weighted by molar-refractivity contribution is 5.83. The standard InChI is InChI=1S/C23H27N5O2/c1-26-21-8-3-2-7-19(21)25-22(26)17-5-4-6-18(15-17)27-10-12-28(13-11-27)23(29)20-16-30-14-9-24-20/h2-8,15,20,24H,9-14,16H2,1H3. The predicted molar refractivity (Wildman–Crippen MR) is 118 cm³/mol. The van der Waals surface area contributed by atoms with Crippen molar-refractivity contribution in [2.75, 3.05) is 50.8 Å². The van der Waals surface area contributed by atoms with E-state index in [1.165, 1.54) is 5.69 Å². The van der Waals surface area contributed by atoms with Crippen molar-refractivity contribution in [3.63, 3.8) is 0 Å². The maximum absolute atomic E-state index is 12.7. The van der Waals surface area contributed by atoms with E-state index in [0.717, 1.165) is 55.1 Å². The number of rotatable bonds is 3. The minimum Gasteiger partial charge on any atom is -0.378 e. The fraction of sp³-hybridized carbons (Fsp3) is 0.391. The number of fused-ring (bicyclic) bond motifs is 1. The van der Waals surface area contributed by atoms with Crippen LogP contribution < -0.4 is 10.2 Å². The normalized spacial score (nSPS) is 20.0. The molecule has 7 nitrogen and oxygen atoms in total. The molecular weight excluding hydrogens is 378 g/mol. The number of benzene rings is 2. The lowest BCUT2D eigenvalue weighted by Gasteiger charge is -2.38. The number of aryl methyl sites for hydroxylation is 1. The van der Waals surface area contributed by atoms with Crippen molar-refractivity contribution < 1.29 is 9.53 Å². The van der Waals surface area contributed by atoms with Crippen LogP contribution >= 0.6 is 0 Å². The van der Waals surface area contributed by atoms with Gasteiger partial charge in [-0.25, -0.2) is 4.98 Å². The quantitative estimate of drug-likeness (QED) is 0.721. The van der Waals surface area contributed by atoms with E-state index < -0.39 is 0 Å². The zero-order valence-electron chi connectivity index (χ0n) is 17.3. The van der Waals surface area contributed by atoms with E-state index >= 15 is 0 Å². The summed E-state index contributed by atoms with van der Waals surface area (Å²) in [6, 6.07) is 16.5. The second kappa shape index (κ2) is 8.08. The van der Waals surface area contributed by atoms with Gasteiger partial charge < -0.3 is 24.4 Å². The van der Waals surface area contributed by atoms with E-state index in [0.29, 0.717) is 13.2 Å². The first-order valence-electron chi connectivity index (χ1n) is 10.6. The maximum Gasteiger partial charge on any atom is 0.242 e. The van der Waals surface area contributed by atoms with Crippen molar-refractivity contribution in [2.45, 2.75) is 6.04 Å². The van der Waals surface area contributed by atoms with Gasteiger partial charge in [-0.2, -0.15) is 0 Å². The summed E-state index contributed by atoms with van der Waals surface area (Å²) in [7, 11) is 2.06. The molecule has 0 radical (unpaired) electrons. The van der Waals surface area contributed by atoms with Crippen molar-refractivity contribution in [1.82, 2.24) is 19.8 Å². The van der Waals surface area contributed by atoms with Crippen LogP contribution in [0.5, 0.6) is 0 Å². The van der Waals surface area contributed by atoms with Crippen LogP contribution in [0.1, 0.15) is 0 Å². The average molecular weight is 406 g/mol. The molecule has 2 fully saturated rings. The molecule has 5 rings (SSSR count). The van der Waals surface area contributed by atoms with Gasteiger partial charge in [0.2, 0.25) is 5.91 Å². The van der Waals surface area contributed by atoms with Crippen LogP contribution in [-0.4, -0.2) is 72.3 Å². The molecule has 0 aliphatic carbocycles.